The van der Waals surface area contributed by atoms with Gasteiger partial charge in [-0.2, -0.15) is 0 Å². The molecule has 2 aromatic rings. The Morgan fingerprint density at radius 3 is 2.50 bits per heavy atom. The Morgan fingerprint density at radius 2 is 1.83 bits per heavy atom. The smallest absolute Gasteiger partial charge is 0.251 e. The van der Waals surface area contributed by atoms with Crippen molar-refractivity contribution in [3.63, 3.8) is 0 Å². The number of aryl methyl sites for hydroxylation is 1. The number of sulfonamides is 1. The summed E-state index contributed by atoms with van der Waals surface area (Å²) in [7, 11) is -1.56. The van der Waals surface area contributed by atoms with Crippen molar-refractivity contribution in [2.45, 2.75) is 26.2 Å². The third-order valence-corrected chi connectivity index (χ3v) is 7.61. The SMILES string of the molecule is COc1ccc(C)c2c1N(C(=O)/C=C/c1ccc(N3CCCS3(=O)=O)cc1)CCC2. The van der Waals surface area contributed by atoms with Crippen molar-refractivity contribution in [1.29, 1.82) is 0 Å². The van der Waals surface area contributed by atoms with E-state index in [2.05, 4.69) is 6.92 Å². The van der Waals surface area contributed by atoms with E-state index >= 15 is 0 Å². The van der Waals surface area contributed by atoms with E-state index in [1.807, 2.05) is 24.3 Å². The number of ether oxygens (including phenoxy) is 1. The first-order chi connectivity index (χ1) is 14.4. The molecule has 0 spiro atoms. The molecule has 4 rings (SSSR count). The number of nitrogens with zero attached hydrogens (tertiary/aromatic N) is 2. The van der Waals surface area contributed by atoms with Crippen molar-refractivity contribution >= 4 is 33.4 Å². The lowest BCUT2D eigenvalue weighted by Gasteiger charge is -2.31. The molecule has 2 aliphatic rings. The predicted octanol–water partition coefficient (Wildman–Crippen LogP) is 3.54. The Balaban J connectivity index is 1.54. The van der Waals surface area contributed by atoms with Crippen LogP contribution >= 0.6 is 0 Å². The molecule has 2 aromatic carbocycles. The van der Waals surface area contributed by atoms with Gasteiger partial charge in [0.25, 0.3) is 5.91 Å². The first-order valence-electron chi connectivity index (χ1n) is 10.2. The number of fused-ring (bicyclic) bond motifs is 1. The average molecular weight is 427 g/mol. The summed E-state index contributed by atoms with van der Waals surface area (Å²) in [5.74, 6) is 0.822. The van der Waals surface area contributed by atoms with Gasteiger partial charge in [0.05, 0.1) is 24.2 Å². The highest BCUT2D eigenvalue weighted by molar-refractivity contribution is 7.93. The number of amides is 1. The van der Waals surface area contributed by atoms with Gasteiger partial charge in [-0.3, -0.25) is 9.10 Å². The number of methoxy groups -OCH3 is 1. The summed E-state index contributed by atoms with van der Waals surface area (Å²) in [6.45, 7) is 3.23. The zero-order chi connectivity index (χ0) is 21.3. The van der Waals surface area contributed by atoms with Crippen LogP contribution < -0.4 is 13.9 Å². The predicted molar refractivity (Wildman–Crippen MR) is 120 cm³/mol. The summed E-state index contributed by atoms with van der Waals surface area (Å²) in [5, 5.41) is 0. The molecule has 0 saturated carbocycles. The second-order valence-corrected chi connectivity index (χ2v) is 9.68. The lowest BCUT2D eigenvalue weighted by molar-refractivity contribution is -0.114. The molecule has 0 aliphatic carbocycles. The highest BCUT2D eigenvalue weighted by Gasteiger charge is 2.28. The molecule has 0 bridgehead atoms. The van der Waals surface area contributed by atoms with Crippen LogP contribution in [0.15, 0.2) is 42.5 Å². The summed E-state index contributed by atoms with van der Waals surface area (Å²) in [6.07, 6.45) is 5.84. The van der Waals surface area contributed by atoms with Crippen LogP contribution in [0.4, 0.5) is 11.4 Å². The van der Waals surface area contributed by atoms with Gasteiger partial charge in [-0.25, -0.2) is 8.42 Å². The third kappa shape index (κ3) is 3.81. The Bertz CT molecular complexity index is 1090. The second kappa shape index (κ2) is 8.14. The van der Waals surface area contributed by atoms with E-state index in [1.165, 1.54) is 15.4 Å². The number of carbonyl (C=O) groups excluding carboxylic acids is 1. The van der Waals surface area contributed by atoms with Crippen molar-refractivity contribution < 1.29 is 17.9 Å². The van der Waals surface area contributed by atoms with Crippen molar-refractivity contribution in [2.75, 3.05) is 35.2 Å². The van der Waals surface area contributed by atoms with E-state index in [4.69, 9.17) is 4.74 Å². The number of hydrogen-bond donors (Lipinski definition) is 0. The Hall–Kier alpha value is -2.80. The lowest BCUT2D eigenvalue weighted by Crippen LogP contribution is -2.34. The number of benzene rings is 2. The molecule has 0 unspecified atom stereocenters. The molecule has 6 nitrogen and oxygen atoms in total. The molecule has 7 heteroatoms. The molecule has 0 radical (unpaired) electrons. The first-order valence-corrected chi connectivity index (χ1v) is 11.8. The maximum atomic E-state index is 13.0. The lowest BCUT2D eigenvalue weighted by atomic mass is 9.96. The van der Waals surface area contributed by atoms with Crippen molar-refractivity contribution in [3.8, 4) is 5.75 Å². The normalized spacial score (nSPS) is 17.9. The topological polar surface area (TPSA) is 66.9 Å². The summed E-state index contributed by atoms with van der Waals surface area (Å²) in [5.41, 5.74) is 4.71. The summed E-state index contributed by atoms with van der Waals surface area (Å²) < 4.78 is 31.1. The van der Waals surface area contributed by atoms with Crippen LogP contribution in [-0.4, -0.2) is 40.3 Å². The zero-order valence-electron chi connectivity index (χ0n) is 17.3. The van der Waals surface area contributed by atoms with Crippen molar-refractivity contribution in [2.24, 2.45) is 0 Å². The average Bonchev–Trinajstić information content (AvgIpc) is 3.11. The summed E-state index contributed by atoms with van der Waals surface area (Å²) in [4.78, 5) is 14.8. The van der Waals surface area contributed by atoms with E-state index < -0.39 is 10.0 Å². The third-order valence-electron chi connectivity index (χ3n) is 5.74. The fourth-order valence-corrected chi connectivity index (χ4v) is 5.74. The summed E-state index contributed by atoms with van der Waals surface area (Å²) >= 11 is 0. The van der Waals surface area contributed by atoms with Gasteiger partial charge in [-0.15, -0.1) is 0 Å². The molecule has 2 aliphatic heterocycles. The van der Waals surface area contributed by atoms with Crippen LogP contribution in [0.5, 0.6) is 5.75 Å². The van der Waals surface area contributed by atoms with Gasteiger partial charge in [0.2, 0.25) is 10.0 Å². The van der Waals surface area contributed by atoms with Gasteiger partial charge in [-0.1, -0.05) is 18.2 Å². The maximum Gasteiger partial charge on any atom is 0.251 e. The van der Waals surface area contributed by atoms with Crippen molar-refractivity contribution in [1.82, 2.24) is 0 Å². The molecular formula is C23H26N2O4S. The van der Waals surface area contributed by atoms with E-state index in [0.29, 0.717) is 30.9 Å². The van der Waals surface area contributed by atoms with Gasteiger partial charge in [-0.05, 0) is 67.2 Å². The van der Waals surface area contributed by atoms with E-state index in [1.54, 1.807) is 36.3 Å². The molecular weight excluding hydrogens is 400 g/mol. The molecule has 1 fully saturated rings. The Morgan fingerprint density at radius 1 is 1.07 bits per heavy atom. The molecule has 1 amide bonds. The molecule has 30 heavy (non-hydrogen) atoms. The van der Waals surface area contributed by atoms with Gasteiger partial charge < -0.3 is 9.64 Å². The summed E-state index contributed by atoms with van der Waals surface area (Å²) in [6, 6.07) is 11.2. The van der Waals surface area contributed by atoms with E-state index in [0.717, 1.165) is 24.1 Å². The van der Waals surface area contributed by atoms with Gasteiger partial charge in [0.15, 0.2) is 0 Å². The number of anilines is 2. The molecule has 0 aromatic heterocycles. The first kappa shape index (κ1) is 20.5. The van der Waals surface area contributed by atoms with Crippen LogP contribution in [0.3, 0.4) is 0 Å². The fraction of sp³-hybridized carbons (Fsp3) is 0.348. The van der Waals surface area contributed by atoms with Crippen LogP contribution in [-0.2, 0) is 21.2 Å². The van der Waals surface area contributed by atoms with Gasteiger partial charge >= 0.3 is 0 Å². The second-order valence-electron chi connectivity index (χ2n) is 7.67. The quantitative estimate of drug-likeness (QED) is 0.702. The standard InChI is InChI=1S/C23H26N2O4S/c1-17-6-12-21(29-2)23-20(17)5-3-14-24(23)22(26)13-9-18-7-10-19(11-8-18)25-15-4-16-30(25,27)28/h6-13H,3-5,14-16H2,1-2H3/b13-9+. The van der Waals surface area contributed by atoms with Crippen molar-refractivity contribution in [3.05, 3.63) is 59.2 Å². The van der Waals surface area contributed by atoms with Crippen LogP contribution in [0.25, 0.3) is 6.08 Å². The molecule has 2 heterocycles. The fourth-order valence-electron chi connectivity index (χ4n) is 4.18. The van der Waals surface area contributed by atoms with Gasteiger partial charge in [0.1, 0.15) is 5.75 Å². The van der Waals surface area contributed by atoms with E-state index in [-0.39, 0.29) is 11.7 Å². The monoisotopic (exact) mass is 426 g/mol. The van der Waals surface area contributed by atoms with E-state index in [9.17, 15) is 13.2 Å². The molecule has 1 saturated heterocycles. The Labute approximate surface area is 177 Å². The number of carbonyl (C=O) groups is 1. The zero-order valence-corrected chi connectivity index (χ0v) is 18.1. The number of rotatable bonds is 4. The molecule has 158 valence electrons. The Kier molecular flexibility index (Phi) is 5.56. The number of hydrogen-bond acceptors (Lipinski definition) is 4. The minimum absolute atomic E-state index is 0.0916. The molecule has 0 N–H and O–H groups in total. The van der Waals surface area contributed by atoms with Crippen LogP contribution in [0.2, 0.25) is 0 Å². The minimum Gasteiger partial charge on any atom is -0.495 e. The highest BCUT2D eigenvalue weighted by atomic mass is 32.2. The van der Waals surface area contributed by atoms with Gasteiger partial charge in [0, 0.05) is 19.2 Å². The highest BCUT2D eigenvalue weighted by Crippen LogP contribution is 2.38. The van der Waals surface area contributed by atoms with Crippen LogP contribution in [0.1, 0.15) is 29.5 Å². The van der Waals surface area contributed by atoms with Crippen LogP contribution in [0, 0.1) is 6.92 Å². The largest absolute Gasteiger partial charge is 0.495 e. The maximum absolute atomic E-state index is 13.0. The minimum atomic E-state index is -3.19. The molecule has 0 atom stereocenters.